The van der Waals surface area contributed by atoms with Crippen LogP contribution in [0.4, 0.5) is 11.4 Å². The van der Waals surface area contributed by atoms with Crippen molar-refractivity contribution in [1.29, 1.82) is 0 Å². The molecule has 4 heteroatoms. The first-order chi connectivity index (χ1) is 10.0. The zero-order chi connectivity index (χ0) is 15.2. The summed E-state index contributed by atoms with van der Waals surface area (Å²) < 4.78 is 11.0. The summed E-state index contributed by atoms with van der Waals surface area (Å²) in [6, 6.07) is 10.0. The first-order valence-electron chi connectivity index (χ1n) is 7.39. The fourth-order valence-corrected chi connectivity index (χ4v) is 2.22. The Kier molecular flexibility index (Phi) is 5.14. The third kappa shape index (κ3) is 5.06. The van der Waals surface area contributed by atoms with Gasteiger partial charge in [0.25, 0.3) is 0 Å². The second-order valence-corrected chi connectivity index (χ2v) is 5.62. The van der Waals surface area contributed by atoms with E-state index in [1.54, 1.807) is 6.26 Å². The Bertz CT molecular complexity index is 550. The first kappa shape index (κ1) is 15.3. The predicted octanol–water partition coefficient (Wildman–Crippen LogP) is 4.08. The zero-order valence-corrected chi connectivity index (χ0v) is 12.9. The van der Waals surface area contributed by atoms with Gasteiger partial charge in [-0.1, -0.05) is 0 Å². The number of hydrogen-bond donors (Lipinski definition) is 2. The van der Waals surface area contributed by atoms with Gasteiger partial charge in [-0.05, 0) is 45.4 Å². The van der Waals surface area contributed by atoms with E-state index >= 15 is 0 Å². The van der Waals surface area contributed by atoms with Gasteiger partial charge in [0.15, 0.2) is 0 Å². The summed E-state index contributed by atoms with van der Waals surface area (Å²) in [5.74, 6) is 1.81. The lowest BCUT2D eigenvalue weighted by Crippen LogP contribution is -2.16. The van der Waals surface area contributed by atoms with E-state index in [1.807, 2.05) is 44.2 Å². The van der Waals surface area contributed by atoms with Gasteiger partial charge in [-0.15, -0.1) is 0 Å². The number of nitrogen functional groups attached to an aromatic ring is 1. The molecule has 0 bridgehead atoms. The van der Waals surface area contributed by atoms with Crippen molar-refractivity contribution < 1.29 is 9.15 Å². The lowest BCUT2D eigenvalue weighted by atomic mass is 10.1. The van der Waals surface area contributed by atoms with Crippen LogP contribution in [-0.2, 0) is 6.42 Å². The maximum absolute atomic E-state index is 5.93. The van der Waals surface area contributed by atoms with Gasteiger partial charge in [-0.2, -0.15) is 0 Å². The summed E-state index contributed by atoms with van der Waals surface area (Å²) in [4.78, 5) is 0. The van der Waals surface area contributed by atoms with Crippen molar-refractivity contribution in [3.05, 3.63) is 42.4 Å². The van der Waals surface area contributed by atoms with Crippen LogP contribution in [-0.4, -0.2) is 12.1 Å². The Morgan fingerprint density at radius 1 is 1.24 bits per heavy atom. The Hall–Kier alpha value is -2.10. The number of anilines is 2. The highest BCUT2D eigenvalue weighted by Crippen LogP contribution is 2.24. The minimum Gasteiger partial charge on any atom is -0.491 e. The van der Waals surface area contributed by atoms with Crippen molar-refractivity contribution in [2.75, 3.05) is 11.1 Å². The van der Waals surface area contributed by atoms with Gasteiger partial charge in [-0.25, -0.2) is 0 Å². The molecule has 2 aromatic rings. The van der Waals surface area contributed by atoms with Gasteiger partial charge in [0, 0.05) is 36.0 Å². The van der Waals surface area contributed by atoms with Crippen LogP contribution in [0.1, 0.15) is 33.0 Å². The maximum Gasteiger partial charge on any atom is 0.123 e. The molecule has 0 fully saturated rings. The molecule has 0 saturated carbocycles. The minimum atomic E-state index is 0.135. The van der Waals surface area contributed by atoms with E-state index in [-0.39, 0.29) is 6.10 Å². The van der Waals surface area contributed by atoms with Crippen LogP contribution in [0.15, 0.2) is 41.0 Å². The largest absolute Gasteiger partial charge is 0.491 e. The number of nitrogens with one attached hydrogen (secondary N) is 1. The van der Waals surface area contributed by atoms with Gasteiger partial charge in [0.05, 0.1) is 12.4 Å². The number of hydrogen-bond acceptors (Lipinski definition) is 4. The molecule has 21 heavy (non-hydrogen) atoms. The van der Waals surface area contributed by atoms with E-state index in [4.69, 9.17) is 14.9 Å². The highest BCUT2D eigenvalue weighted by atomic mass is 16.5. The van der Waals surface area contributed by atoms with Crippen molar-refractivity contribution in [3.8, 4) is 5.75 Å². The summed E-state index contributed by atoms with van der Waals surface area (Å²) in [5.41, 5.74) is 7.61. The quantitative estimate of drug-likeness (QED) is 0.754. The molecule has 0 aliphatic carbocycles. The van der Waals surface area contributed by atoms with E-state index in [9.17, 15) is 0 Å². The Morgan fingerprint density at radius 2 is 2.05 bits per heavy atom. The van der Waals surface area contributed by atoms with E-state index in [2.05, 4.69) is 12.2 Å². The second-order valence-electron chi connectivity index (χ2n) is 5.62. The van der Waals surface area contributed by atoms with Crippen molar-refractivity contribution in [1.82, 2.24) is 0 Å². The van der Waals surface area contributed by atoms with Gasteiger partial charge in [0.1, 0.15) is 11.5 Å². The normalized spacial score (nSPS) is 12.4. The van der Waals surface area contributed by atoms with Gasteiger partial charge in [-0.3, -0.25) is 0 Å². The maximum atomic E-state index is 5.93. The summed E-state index contributed by atoms with van der Waals surface area (Å²) in [6.07, 6.45) is 3.75. The molecule has 114 valence electrons. The molecule has 1 aromatic carbocycles. The summed E-state index contributed by atoms with van der Waals surface area (Å²) >= 11 is 0. The molecule has 0 spiro atoms. The lowest BCUT2D eigenvalue weighted by molar-refractivity contribution is 0.242. The number of furan rings is 1. The second kappa shape index (κ2) is 7.07. The molecule has 0 saturated heterocycles. The third-order valence-corrected chi connectivity index (χ3v) is 3.12. The molecule has 3 N–H and O–H groups in total. The van der Waals surface area contributed by atoms with E-state index < -0.39 is 0 Å². The Balaban J connectivity index is 1.93. The molecule has 1 unspecified atom stereocenters. The van der Waals surface area contributed by atoms with Crippen LogP contribution in [0, 0.1) is 0 Å². The van der Waals surface area contributed by atoms with E-state index in [0.717, 1.165) is 30.0 Å². The lowest BCUT2D eigenvalue weighted by Gasteiger charge is -2.17. The number of rotatable bonds is 7. The van der Waals surface area contributed by atoms with Gasteiger partial charge >= 0.3 is 0 Å². The van der Waals surface area contributed by atoms with Crippen LogP contribution in [0.3, 0.4) is 0 Å². The third-order valence-electron chi connectivity index (χ3n) is 3.12. The van der Waals surface area contributed by atoms with Gasteiger partial charge < -0.3 is 20.2 Å². The molecular formula is C17H24N2O2. The molecule has 1 atom stereocenters. The van der Waals surface area contributed by atoms with E-state index in [0.29, 0.717) is 11.7 Å². The Labute approximate surface area is 126 Å². The van der Waals surface area contributed by atoms with Crippen LogP contribution in [0.2, 0.25) is 0 Å². The smallest absolute Gasteiger partial charge is 0.123 e. The van der Waals surface area contributed by atoms with Crippen molar-refractivity contribution >= 4 is 11.4 Å². The number of aryl methyl sites for hydroxylation is 1. The summed E-state index contributed by atoms with van der Waals surface area (Å²) in [5, 5.41) is 3.46. The van der Waals surface area contributed by atoms with Crippen LogP contribution >= 0.6 is 0 Å². The van der Waals surface area contributed by atoms with Crippen molar-refractivity contribution in [2.45, 2.75) is 45.8 Å². The zero-order valence-electron chi connectivity index (χ0n) is 12.9. The molecule has 0 aliphatic heterocycles. The minimum absolute atomic E-state index is 0.135. The average Bonchev–Trinajstić information content (AvgIpc) is 2.87. The fraction of sp³-hybridized carbons (Fsp3) is 0.412. The molecule has 1 heterocycles. The van der Waals surface area contributed by atoms with Gasteiger partial charge in [0.2, 0.25) is 0 Å². The molecule has 1 aromatic heterocycles. The molecule has 0 aliphatic rings. The van der Waals surface area contributed by atoms with E-state index in [1.165, 1.54) is 0 Å². The first-order valence-corrected chi connectivity index (χ1v) is 7.39. The monoisotopic (exact) mass is 288 g/mol. The Morgan fingerprint density at radius 3 is 2.71 bits per heavy atom. The number of nitrogens with two attached hydrogens (primary N) is 1. The standard InChI is InChI=1S/C17H24N2O2/c1-12(2)21-17-10-14(18)9-15(11-17)19-13(3)6-7-16-5-4-8-20-16/h4-5,8-13,19H,6-7,18H2,1-3H3. The van der Waals surface area contributed by atoms with Crippen LogP contribution in [0.5, 0.6) is 5.75 Å². The number of ether oxygens (including phenoxy) is 1. The fourth-order valence-electron chi connectivity index (χ4n) is 2.22. The molecule has 4 nitrogen and oxygen atoms in total. The highest BCUT2D eigenvalue weighted by molar-refractivity contribution is 5.59. The topological polar surface area (TPSA) is 60.4 Å². The molecular weight excluding hydrogens is 264 g/mol. The predicted molar refractivity (Wildman–Crippen MR) is 86.7 cm³/mol. The summed E-state index contributed by atoms with van der Waals surface area (Å²) in [6.45, 7) is 6.15. The van der Waals surface area contributed by atoms with Crippen molar-refractivity contribution in [3.63, 3.8) is 0 Å². The molecule has 0 radical (unpaired) electrons. The van der Waals surface area contributed by atoms with Crippen LogP contribution < -0.4 is 15.8 Å². The summed E-state index contributed by atoms with van der Waals surface area (Å²) in [7, 11) is 0. The number of benzene rings is 1. The molecule has 0 amide bonds. The highest BCUT2D eigenvalue weighted by Gasteiger charge is 2.07. The van der Waals surface area contributed by atoms with Crippen molar-refractivity contribution in [2.24, 2.45) is 0 Å². The molecule has 2 rings (SSSR count). The van der Waals surface area contributed by atoms with Crippen LogP contribution in [0.25, 0.3) is 0 Å². The average molecular weight is 288 g/mol. The SMILES string of the molecule is CC(CCc1ccco1)Nc1cc(N)cc(OC(C)C)c1.